The van der Waals surface area contributed by atoms with Gasteiger partial charge in [-0.05, 0) is 61.4 Å². The summed E-state index contributed by atoms with van der Waals surface area (Å²) >= 11 is 7.29. The smallest absolute Gasteiger partial charge is 0.210 e. The molecular weight excluding hydrogens is 408 g/mol. The normalized spacial score (nSPS) is 12.6. The van der Waals surface area contributed by atoms with E-state index in [9.17, 15) is 5.11 Å². The van der Waals surface area contributed by atoms with Crippen LogP contribution in [0.4, 0.5) is 0 Å². The molecule has 0 saturated carbocycles. The molecule has 0 saturated heterocycles. The number of hydrogen-bond donors (Lipinski definition) is 2. The molecule has 2 aromatic heterocycles. The summed E-state index contributed by atoms with van der Waals surface area (Å²) in [6.45, 7) is 4.58. The highest BCUT2D eigenvalue weighted by molar-refractivity contribution is 7.99. The van der Waals surface area contributed by atoms with Crippen molar-refractivity contribution in [3.63, 3.8) is 0 Å². The number of rotatable bonds is 6. The molecular formula is C20H21ClN6OS. The zero-order valence-corrected chi connectivity index (χ0v) is 17.7. The first-order valence-corrected chi connectivity index (χ1v) is 10.5. The Morgan fingerprint density at radius 1 is 1.14 bits per heavy atom. The lowest BCUT2D eigenvalue weighted by atomic mass is 10.1. The Labute approximate surface area is 177 Å². The van der Waals surface area contributed by atoms with Crippen LogP contribution >= 0.6 is 23.4 Å². The summed E-state index contributed by atoms with van der Waals surface area (Å²) < 4.78 is 3.40. The molecule has 4 aromatic rings. The summed E-state index contributed by atoms with van der Waals surface area (Å²) in [5.41, 5.74) is 5.19. The highest BCUT2D eigenvalue weighted by Crippen LogP contribution is 2.24. The molecule has 0 spiro atoms. The molecule has 9 heteroatoms. The molecule has 0 aliphatic rings. The number of aryl methyl sites for hydroxylation is 2. The maximum Gasteiger partial charge on any atom is 0.210 e. The Hall–Kier alpha value is -2.55. The van der Waals surface area contributed by atoms with E-state index in [4.69, 9.17) is 17.4 Å². The molecule has 7 nitrogen and oxygen atoms in total. The van der Waals surface area contributed by atoms with Crippen molar-refractivity contribution in [3.8, 4) is 11.4 Å². The van der Waals surface area contributed by atoms with E-state index in [1.165, 1.54) is 27.6 Å². The van der Waals surface area contributed by atoms with Crippen LogP contribution in [0.5, 0.6) is 0 Å². The molecule has 2 heterocycles. The molecule has 0 aliphatic heterocycles. The third-order valence-corrected chi connectivity index (χ3v) is 6.16. The molecule has 1 atom stereocenters. The highest BCUT2D eigenvalue weighted by Gasteiger charge is 2.15. The third kappa shape index (κ3) is 4.10. The van der Waals surface area contributed by atoms with E-state index >= 15 is 0 Å². The second-order valence-electron chi connectivity index (χ2n) is 6.97. The fourth-order valence-electron chi connectivity index (χ4n) is 3.08. The molecule has 0 fully saturated rings. The van der Waals surface area contributed by atoms with Gasteiger partial charge in [-0.2, -0.15) is 0 Å². The molecule has 3 N–H and O–H groups in total. The summed E-state index contributed by atoms with van der Waals surface area (Å²) in [7, 11) is 0. The predicted molar refractivity (Wildman–Crippen MR) is 117 cm³/mol. The standard InChI is InChI=1S/C20H21ClN6OS/c1-12-7-17-18(8-13(12)2)26(11-23-17)9-16(28)10-29-20-25-24-19(27(20)22)14-3-5-15(21)6-4-14/h3-8,11,16,28H,9-10,22H2,1-2H3. The molecule has 0 aliphatic carbocycles. The number of aliphatic hydroxyl groups excluding tert-OH is 1. The van der Waals surface area contributed by atoms with Crippen LogP contribution in [0.1, 0.15) is 11.1 Å². The van der Waals surface area contributed by atoms with Crippen molar-refractivity contribution < 1.29 is 5.11 Å². The molecule has 0 bridgehead atoms. The van der Waals surface area contributed by atoms with Crippen LogP contribution in [0.2, 0.25) is 5.02 Å². The van der Waals surface area contributed by atoms with Gasteiger partial charge in [0.25, 0.3) is 0 Å². The number of aromatic nitrogens is 5. The zero-order valence-electron chi connectivity index (χ0n) is 16.1. The first kappa shape index (κ1) is 19.8. The van der Waals surface area contributed by atoms with Crippen LogP contribution < -0.4 is 5.84 Å². The maximum absolute atomic E-state index is 10.5. The van der Waals surface area contributed by atoms with Gasteiger partial charge in [0.05, 0.1) is 30.0 Å². The van der Waals surface area contributed by atoms with Crippen molar-refractivity contribution in [2.24, 2.45) is 0 Å². The molecule has 4 rings (SSSR count). The van der Waals surface area contributed by atoms with Crippen LogP contribution in [-0.4, -0.2) is 41.4 Å². The molecule has 0 amide bonds. The number of halogens is 1. The van der Waals surface area contributed by atoms with Gasteiger partial charge in [0, 0.05) is 16.3 Å². The predicted octanol–water partition coefficient (Wildman–Crippen LogP) is 3.43. The Morgan fingerprint density at radius 2 is 1.86 bits per heavy atom. The number of nitrogens with zero attached hydrogens (tertiary/aromatic N) is 5. The quantitative estimate of drug-likeness (QED) is 0.361. The minimum atomic E-state index is -0.588. The van der Waals surface area contributed by atoms with Crippen molar-refractivity contribution in [1.82, 2.24) is 24.4 Å². The monoisotopic (exact) mass is 428 g/mol. The van der Waals surface area contributed by atoms with Gasteiger partial charge in [0.1, 0.15) is 0 Å². The van der Waals surface area contributed by atoms with E-state index in [1.54, 1.807) is 18.5 Å². The molecule has 29 heavy (non-hydrogen) atoms. The van der Waals surface area contributed by atoms with Crippen molar-refractivity contribution >= 4 is 34.4 Å². The van der Waals surface area contributed by atoms with E-state index in [2.05, 4.69) is 41.2 Å². The minimum absolute atomic E-state index is 0.431. The van der Waals surface area contributed by atoms with Gasteiger partial charge in [0.2, 0.25) is 5.16 Å². The maximum atomic E-state index is 10.5. The van der Waals surface area contributed by atoms with Crippen LogP contribution in [0.3, 0.4) is 0 Å². The van der Waals surface area contributed by atoms with Gasteiger partial charge >= 0.3 is 0 Å². The number of imidazole rings is 1. The van der Waals surface area contributed by atoms with Crippen molar-refractivity contribution in [2.45, 2.75) is 31.7 Å². The number of fused-ring (bicyclic) bond motifs is 1. The fourth-order valence-corrected chi connectivity index (χ4v) is 3.98. The number of hydrogen-bond acceptors (Lipinski definition) is 6. The van der Waals surface area contributed by atoms with Crippen molar-refractivity contribution in [2.75, 3.05) is 11.6 Å². The Bertz CT molecular complexity index is 1150. The largest absolute Gasteiger partial charge is 0.390 e. The fraction of sp³-hybridized carbons (Fsp3) is 0.250. The summed E-state index contributed by atoms with van der Waals surface area (Å²) in [5, 5.41) is 20.0. The second kappa shape index (κ2) is 8.06. The zero-order chi connectivity index (χ0) is 20.5. The Morgan fingerprint density at radius 3 is 2.62 bits per heavy atom. The lowest BCUT2D eigenvalue weighted by Crippen LogP contribution is -2.19. The lowest BCUT2D eigenvalue weighted by molar-refractivity contribution is 0.179. The Balaban J connectivity index is 1.43. The van der Waals surface area contributed by atoms with E-state index in [0.29, 0.717) is 28.3 Å². The molecule has 0 radical (unpaired) electrons. The second-order valence-corrected chi connectivity index (χ2v) is 8.39. The number of aliphatic hydroxyl groups is 1. The van der Waals surface area contributed by atoms with E-state index in [0.717, 1.165) is 16.6 Å². The summed E-state index contributed by atoms with van der Waals surface area (Å²) in [6, 6.07) is 11.4. The SMILES string of the molecule is Cc1cc2ncn(CC(O)CSc3nnc(-c4ccc(Cl)cc4)n3N)c2cc1C. The summed E-state index contributed by atoms with van der Waals surface area (Å²) in [5.74, 6) is 7.12. The molecule has 150 valence electrons. The van der Waals surface area contributed by atoms with Gasteiger partial charge in [-0.25, -0.2) is 9.66 Å². The first-order chi connectivity index (χ1) is 13.9. The van der Waals surface area contributed by atoms with Crippen LogP contribution in [0, 0.1) is 13.8 Å². The number of thioether (sulfide) groups is 1. The van der Waals surface area contributed by atoms with Crippen molar-refractivity contribution in [3.05, 3.63) is 58.9 Å². The van der Waals surface area contributed by atoms with Gasteiger partial charge in [-0.1, -0.05) is 23.4 Å². The highest BCUT2D eigenvalue weighted by atomic mass is 35.5. The van der Waals surface area contributed by atoms with Crippen LogP contribution in [-0.2, 0) is 6.54 Å². The Kier molecular flexibility index (Phi) is 5.49. The number of nitrogen functional groups attached to an aromatic ring is 1. The van der Waals surface area contributed by atoms with E-state index in [-0.39, 0.29) is 0 Å². The summed E-state index contributed by atoms with van der Waals surface area (Å²) in [4.78, 5) is 4.44. The topological polar surface area (TPSA) is 94.8 Å². The molecule has 2 aromatic carbocycles. The van der Waals surface area contributed by atoms with E-state index in [1.807, 2.05) is 16.7 Å². The van der Waals surface area contributed by atoms with Crippen molar-refractivity contribution in [1.29, 1.82) is 0 Å². The summed E-state index contributed by atoms with van der Waals surface area (Å²) in [6.07, 6.45) is 1.18. The van der Waals surface area contributed by atoms with Crippen LogP contribution in [0.15, 0.2) is 47.9 Å². The molecule has 1 unspecified atom stereocenters. The first-order valence-electron chi connectivity index (χ1n) is 9.12. The van der Waals surface area contributed by atoms with Gasteiger partial charge in [-0.15, -0.1) is 10.2 Å². The van der Waals surface area contributed by atoms with Gasteiger partial charge in [-0.3, -0.25) is 0 Å². The van der Waals surface area contributed by atoms with Gasteiger partial charge in [0.15, 0.2) is 5.82 Å². The van der Waals surface area contributed by atoms with Crippen LogP contribution in [0.25, 0.3) is 22.4 Å². The average molecular weight is 429 g/mol. The van der Waals surface area contributed by atoms with E-state index < -0.39 is 6.10 Å². The third-order valence-electron chi connectivity index (χ3n) is 4.82. The average Bonchev–Trinajstić information content (AvgIpc) is 3.25. The lowest BCUT2D eigenvalue weighted by Gasteiger charge is -2.12. The number of nitrogens with two attached hydrogens (primary N) is 1. The van der Waals surface area contributed by atoms with Gasteiger partial charge < -0.3 is 15.5 Å². The minimum Gasteiger partial charge on any atom is -0.390 e. The number of benzene rings is 2.